The SMILES string of the molecule is OCC1OC(N2CC3CC(C2)c2cc4nccnc4cc23)C(O)C(O)C1O.OCC1OC([n+]2ccnc3cc4c(cc32)C2CNCC4C2)C(O)C(O)C1O. The molecule has 0 saturated carbocycles. The first-order valence-corrected chi connectivity index (χ1v) is 18.8. The maximum absolute atomic E-state index is 10.5. The van der Waals surface area contributed by atoms with Crippen molar-refractivity contribution in [3.05, 3.63) is 71.3 Å². The molecule has 0 amide bonds. The molecule has 2 aliphatic carbocycles. The third kappa shape index (κ3) is 6.00. The van der Waals surface area contributed by atoms with Crippen LogP contribution in [0.1, 0.15) is 65.0 Å². The molecule has 4 aliphatic heterocycles. The van der Waals surface area contributed by atoms with E-state index in [4.69, 9.17) is 9.47 Å². The number of hydrogen-bond donors (Lipinski definition) is 9. The van der Waals surface area contributed by atoms with Gasteiger partial charge in [0.2, 0.25) is 5.52 Å². The highest BCUT2D eigenvalue weighted by atomic mass is 16.6. The summed E-state index contributed by atoms with van der Waals surface area (Å²) in [6.45, 7) is 2.43. The number of aliphatic hydroxyl groups is 8. The number of aliphatic hydroxyl groups excluding tert-OH is 8. The van der Waals surface area contributed by atoms with Gasteiger partial charge in [0.25, 0.3) is 6.23 Å². The Kier molecular flexibility index (Phi) is 9.61. The number of fused-ring (bicyclic) bond motifs is 12. The summed E-state index contributed by atoms with van der Waals surface area (Å²) in [6, 6.07) is 8.44. The Balaban J connectivity index is 0.000000142. The molecule has 16 heteroatoms. The van der Waals surface area contributed by atoms with Gasteiger partial charge >= 0.3 is 0 Å². The van der Waals surface area contributed by atoms with Crippen LogP contribution < -0.4 is 9.88 Å². The summed E-state index contributed by atoms with van der Waals surface area (Å²) in [7, 11) is 0. The second kappa shape index (κ2) is 14.3. The van der Waals surface area contributed by atoms with Crippen LogP contribution >= 0.6 is 0 Å². The van der Waals surface area contributed by atoms with Crippen LogP contribution in [-0.2, 0) is 9.47 Å². The first-order chi connectivity index (χ1) is 26.1. The molecule has 4 fully saturated rings. The molecule has 16 nitrogen and oxygen atoms in total. The van der Waals surface area contributed by atoms with E-state index in [0.717, 1.165) is 48.0 Å². The molecule has 10 rings (SSSR count). The number of rotatable bonds is 4. The van der Waals surface area contributed by atoms with Gasteiger partial charge in [0.1, 0.15) is 54.5 Å². The Morgan fingerprint density at radius 3 is 1.76 bits per heavy atom. The summed E-state index contributed by atoms with van der Waals surface area (Å²) in [6.07, 6.45) is -2.65. The van der Waals surface area contributed by atoms with Crippen LogP contribution in [0.3, 0.4) is 0 Å². The van der Waals surface area contributed by atoms with E-state index in [1.165, 1.54) is 22.3 Å². The fraction of sp³-hybridized carbons (Fsp3) is 0.579. The van der Waals surface area contributed by atoms with E-state index in [1.807, 2.05) is 4.90 Å². The van der Waals surface area contributed by atoms with Crippen molar-refractivity contribution < 1.29 is 54.9 Å². The van der Waals surface area contributed by atoms with Crippen molar-refractivity contribution in [3.63, 3.8) is 0 Å². The average molecular weight is 748 g/mol. The zero-order valence-electron chi connectivity index (χ0n) is 29.5. The highest BCUT2D eigenvalue weighted by molar-refractivity contribution is 5.77. The molecule has 2 aromatic carbocycles. The minimum atomic E-state index is -1.41. The van der Waals surface area contributed by atoms with Crippen molar-refractivity contribution in [2.75, 3.05) is 39.4 Å². The number of nitrogens with one attached hydrogen (secondary N) is 1. The lowest BCUT2D eigenvalue weighted by Gasteiger charge is -2.46. The van der Waals surface area contributed by atoms with Gasteiger partial charge in [-0.25, -0.2) is 4.98 Å². The second-order valence-corrected chi connectivity index (χ2v) is 15.6. The van der Waals surface area contributed by atoms with Gasteiger partial charge in [-0.3, -0.25) is 14.9 Å². The molecule has 6 aliphatic rings. The largest absolute Gasteiger partial charge is 0.394 e. The molecular weight excluding hydrogens is 700 g/mol. The van der Waals surface area contributed by atoms with E-state index in [1.54, 1.807) is 29.4 Å². The summed E-state index contributed by atoms with van der Waals surface area (Å²) in [5.41, 5.74) is 8.50. The summed E-state index contributed by atoms with van der Waals surface area (Å²) in [5.74, 6) is 1.55. The van der Waals surface area contributed by atoms with Gasteiger partial charge in [0.15, 0.2) is 12.3 Å². The van der Waals surface area contributed by atoms with E-state index < -0.39 is 74.5 Å². The van der Waals surface area contributed by atoms with Gasteiger partial charge in [0.05, 0.1) is 30.4 Å². The van der Waals surface area contributed by atoms with Crippen molar-refractivity contribution in [2.24, 2.45) is 0 Å². The van der Waals surface area contributed by atoms with Crippen LogP contribution in [0.4, 0.5) is 0 Å². The van der Waals surface area contributed by atoms with Crippen LogP contribution in [0.25, 0.3) is 22.1 Å². The minimum absolute atomic E-state index is 0.289. The summed E-state index contributed by atoms with van der Waals surface area (Å²) < 4.78 is 13.2. The number of ether oxygens (including phenoxy) is 2. The van der Waals surface area contributed by atoms with Crippen LogP contribution in [0.2, 0.25) is 0 Å². The summed E-state index contributed by atoms with van der Waals surface area (Å²) >= 11 is 0. The van der Waals surface area contributed by atoms with Crippen molar-refractivity contribution in [2.45, 2.75) is 97.8 Å². The molecule has 2 aromatic heterocycles. The number of aromatic nitrogens is 4. The summed E-state index contributed by atoms with van der Waals surface area (Å²) in [4.78, 5) is 15.3. The summed E-state index contributed by atoms with van der Waals surface area (Å²) in [5, 5.41) is 83.7. The standard InChI is InChI=1S/C19H24N3O5.C19H23N3O5/c23-8-15-16(24)17(25)18(26)19(27-15)22-2-1-21-13-4-11-9-3-10(7-20-6-9)12(11)5-14(13)22;23-8-15-16(24)17(25)18(26)19(27-15)22-6-9-3-10(7-22)12-5-14-13(4-11(9)12)20-1-2-21-14/h1-2,4-5,9-10,15-20,23-26H,3,6-8H2;1-2,4-5,9-10,15-19,23-26H,3,6-8H2/q+1;. The Labute approximate surface area is 310 Å². The first-order valence-electron chi connectivity index (χ1n) is 18.8. The zero-order valence-corrected chi connectivity index (χ0v) is 29.5. The van der Waals surface area contributed by atoms with Gasteiger partial charge in [-0.15, -0.1) is 0 Å². The molecule has 0 radical (unpaired) electrons. The maximum Gasteiger partial charge on any atom is 0.292 e. The van der Waals surface area contributed by atoms with E-state index in [0.29, 0.717) is 24.9 Å². The predicted molar refractivity (Wildman–Crippen MR) is 189 cm³/mol. The normalized spacial score (nSPS) is 38.5. The van der Waals surface area contributed by atoms with Gasteiger partial charge in [-0.05, 0) is 77.0 Å². The molecule has 14 atom stereocenters. The van der Waals surface area contributed by atoms with Crippen molar-refractivity contribution in [1.82, 2.24) is 25.2 Å². The molecule has 0 spiro atoms. The molecule has 4 bridgehead atoms. The smallest absolute Gasteiger partial charge is 0.292 e. The first kappa shape index (κ1) is 36.3. The van der Waals surface area contributed by atoms with Crippen molar-refractivity contribution >= 4 is 22.1 Å². The van der Waals surface area contributed by atoms with Crippen LogP contribution in [0, 0.1) is 0 Å². The lowest BCUT2D eigenvalue weighted by Crippen LogP contribution is -2.64. The van der Waals surface area contributed by atoms with E-state index >= 15 is 0 Å². The minimum Gasteiger partial charge on any atom is -0.394 e. The third-order valence-corrected chi connectivity index (χ3v) is 12.5. The molecule has 14 unspecified atom stereocenters. The molecule has 4 saturated heterocycles. The lowest BCUT2D eigenvalue weighted by molar-refractivity contribution is -0.757. The van der Waals surface area contributed by atoms with Crippen LogP contribution in [0.15, 0.2) is 49.1 Å². The molecule has 4 aromatic rings. The fourth-order valence-corrected chi connectivity index (χ4v) is 9.77. The van der Waals surface area contributed by atoms with Crippen LogP contribution in [0.5, 0.6) is 0 Å². The maximum atomic E-state index is 10.5. The van der Waals surface area contributed by atoms with Crippen molar-refractivity contribution in [1.29, 1.82) is 0 Å². The second-order valence-electron chi connectivity index (χ2n) is 15.6. The number of likely N-dealkylation sites (tertiary alicyclic amines) is 1. The third-order valence-electron chi connectivity index (χ3n) is 12.5. The molecule has 54 heavy (non-hydrogen) atoms. The average Bonchev–Trinajstić information content (AvgIpc) is 3.59. The predicted octanol–water partition coefficient (Wildman–Crippen LogP) is -2.01. The van der Waals surface area contributed by atoms with E-state index in [9.17, 15) is 40.9 Å². The monoisotopic (exact) mass is 747 g/mol. The Hall–Kier alpha value is -3.36. The van der Waals surface area contributed by atoms with Crippen molar-refractivity contribution in [3.8, 4) is 0 Å². The molecule has 6 heterocycles. The van der Waals surface area contributed by atoms with E-state index in [-0.39, 0.29) is 11.8 Å². The quantitative estimate of drug-likeness (QED) is 0.103. The number of hydrogen-bond acceptors (Lipinski definition) is 15. The Bertz CT molecular complexity index is 1970. The van der Waals surface area contributed by atoms with Gasteiger partial charge in [-0.2, -0.15) is 4.57 Å². The zero-order chi connectivity index (χ0) is 37.4. The number of piperidine rings is 2. The topological polar surface area (TPSA) is 238 Å². The Morgan fingerprint density at radius 1 is 0.611 bits per heavy atom. The van der Waals surface area contributed by atoms with Gasteiger partial charge < -0.3 is 55.6 Å². The lowest BCUT2D eigenvalue weighted by atomic mass is 9.92. The Morgan fingerprint density at radius 2 is 1.13 bits per heavy atom. The molecule has 288 valence electrons. The van der Waals surface area contributed by atoms with Crippen LogP contribution in [-0.4, -0.2) is 155 Å². The highest BCUT2D eigenvalue weighted by Crippen LogP contribution is 2.48. The molecular formula is C38H47N6O10+. The number of benzene rings is 2. The van der Waals surface area contributed by atoms with E-state index in [2.05, 4.69) is 44.5 Å². The highest BCUT2D eigenvalue weighted by Gasteiger charge is 2.50. The van der Waals surface area contributed by atoms with Gasteiger partial charge in [0, 0.05) is 44.6 Å². The fourth-order valence-electron chi connectivity index (χ4n) is 9.77. The van der Waals surface area contributed by atoms with Gasteiger partial charge in [-0.1, -0.05) is 0 Å². The number of nitrogens with zero attached hydrogens (tertiary/aromatic N) is 5. The molecule has 9 N–H and O–H groups in total.